The van der Waals surface area contributed by atoms with Gasteiger partial charge in [0.05, 0.1) is 14.2 Å². The Hall–Kier alpha value is -1.06. The minimum absolute atomic E-state index is 0. The zero-order valence-electron chi connectivity index (χ0n) is 13.8. The number of rotatable bonds is 4. The number of methoxy groups -OCH3 is 2. The van der Waals surface area contributed by atoms with E-state index in [1.54, 1.807) is 14.2 Å². The van der Waals surface area contributed by atoms with Crippen molar-refractivity contribution >= 4 is 22.6 Å². The first kappa shape index (κ1) is 19.3. The molecule has 3 rings (SSSR count). The normalized spacial score (nSPS) is 23.6. The maximum atomic E-state index is 11.3. The molecular formula is C15H24ClN3O4S. The summed E-state index contributed by atoms with van der Waals surface area (Å²) in [6, 6.07) is 4.09. The molecule has 24 heavy (non-hydrogen) atoms. The molecule has 0 bridgehead atoms. The Morgan fingerprint density at radius 3 is 2.50 bits per heavy atom. The number of nitrogens with two attached hydrogens (primary N) is 1. The van der Waals surface area contributed by atoms with E-state index in [1.165, 1.54) is 11.1 Å². The summed E-state index contributed by atoms with van der Waals surface area (Å²) in [6.07, 6.45) is 2.44. The predicted octanol–water partition coefficient (Wildman–Crippen LogP) is 0.980. The summed E-state index contributed by atoms with van der Waals surface area (Å²) >= 11 is 0. The zero-order chi connectivity index (χ0) is 16.6. The van der Waals surface area contributed by atoms with Gasteiger partial charge in [-0.3, -0.25) is 4.90 Å². The van der Waals surface area contributed by atoms with E-state index >= 15 is 0 Å². The highest BCUT2D eigenvalue weighted by Gasteiger charge is 2.35. The Morgan fingerprint density at radius 2 is 1.88 bits per heavy atom. The third kappa shape index (κ3) is 3.94. The number of nitrogens with one attached hydrogen (secondary N) is 1. The lowest BCUT2D eigenvalue weighted by Crippen LogP contribution is -2.49. The monoisotopic (exact) mass is 377 g/mol. The predicted molar refractivity (Wildman–Crippen MR) is 94.1 cm³/mol. The van der Waals surface area contributed by atoms with Crippen molar-refractivity contribution in [2.45, 2.75) is 31.3 Å². The second-order valence-electron chi connectivity index (χ2n) is 6.09. The molecule has 2 atom stereocenters. The van der Waals surface area contributed by atoms with Gasteiger partial charge in [-0.15, -0.1) is 12.4 Å². The lowest BCUT2D eigenvalue weighted by molar-refractivity contribution is 0.122. The van der Waals surface area contributed by atoms with E-state index in [9.17, 15) is 8.42 Å². The first-order valence-electron chi connectivity index (χ1n) is 7.70. The molecule has 0 aliphatic carbocycles. The van der Waals surface area contributed by atoms with E-state index in [-0.39, 0.29) is 24.5 Å². The van der Waals surface area contributed by atoms with E-state index < -0.39 is 10.2 Å². The minimum Gasteiger partial charge on any atom is -0.493 e. The molecule has 0 unspecified atom stereocenters. The lowest BCUT2D eigenvalue weighted by atomic mass is 9.85. The highest BCUT2D eigenvalue weighted by Crippen LogP contribution is 2.41. The van der Waals surface area contributed by atoms with Gasteiger partial charge in [0, 0.05) is 25.2 Å². The van der Waals surface area contributed by atoms with Crippen LogP contribution in [0.1, 0.15) is 30.0 Å². The van der Waals surface area contributed by atoms with Crippen LogP contribution >= 0.6 is 12.4 Å². The maximum absolute atomic E-state index is 11.3. The van der Waals surface area contributed by atoms with E-state index in [0.29, 0.717) is 12.2 Å². The Balaban J connectivity index is 0.00000208. The number of halogens is 1. The van der Waals surface area contributed by atoms with Gasteiger partial charge in [0.25, 0.3) is 10.2 Å². The molecule has 7 nitrogen and oxygen atoms in total. The van der Waals surface area contributed by atoms with Crippen molar-refractivity contribution in [3.05, 3.63) is 23.3 Å². The quantitative estimate of drug-likeness (QED) is 0.815. The molecule has 2 aliphatic rings. The zero-order valence-corrected chi connectivity index (χ0v) is 15.5. The fourth-order valence-corrected chi connectivity index (χ4v) is 4.35. The molecular weight excluding hydrogens is 354 g/mol. The van der Waals surface area contributed by atoms with Crippen LogP contribution < -0.4 is 19.3 Å². The van der Waals surface area contributed by atoms with Gasteiger partial charge in [0.2, 0.25) is 0 Å². The lowest BCUT2D eigenvalue weighted by Gasteiger charge is -2.43. The van der Waals surface area contributed by atoms with Gasteiger partial charge in [0.1, 0.15) is 0 Å². The van der Waals surface area contributed by atoms with Gasteiger partial charge in [-0.05, 0) is 42.5 Å². The first-order valence-corrected chi connectivity index (χ1v) is 9.25. The summed E-state index contributed by atoms with van der Waals surface area (Å²) < 4.78 is 35.9. The van der Waals surface area contributed by atoms with Gasteiger partial charge in [-0.25, -0.2) is 5.14 Å². The highest BCUT2D eigenvalue weighted by molar-refractivity contribution is 7.87. The molecule has 0 radical (unpaired) electrons. The summed E-state index contributed by atoms with van der Waals surface area (Å²) in [4.78, 5) is 2.40. The molecule has 0 aromatic heterocycles. The topological polar surface area (TPSA) is 93.9 Å². The van der Waals surface area contributed by atoms with E-state index in [2.05, 4.69) is 9.62 Å². The first-order chi connectivity index (χ1) is 10.9. The number of piperidine rings is 1. The minimum atomic E-state index is -3.68. The second-order valence-corrected chi connectivity index (χ2v) is 7.42. The molecule has 2 aliphatic heterocycles. The molecule has 9 heteroatoms. The van der Waals surface area contributed by atoms with Gasteiger partial charge >= 0.3 is 0 Å². The van der Waals surface area contributed by atoms with Crippen LogP contribution in [-0.4, -0.2) is 46.7 Å². The van der Waals surface area contributed by atoms with E-state index in [1.807, 2.05) is 12.1 Å². The molecule has 0 amide bonds. The number of fused-ring (bicyclic) bond motifs is 3. The van der Waals surface area contributed by atoms with Crippen molar-refractivity contribution in [3.8, 4) is 11.5 Å². The number of nitrogens with zero attached hydrogens (tertiary/aromatic N) is 1. The summed E-state index contributed by atoms with van der Waals surface area (Å²) in [5, 5.41) is 5.12. The SMILES string of the molecule is COc1cc2c(cc1OC)[C@@H]1C[C@H](NS(N)(=O)=O)CCN1CC2.Cl. The Kier molecular flexibility index (Phi) is 5.98. The highest BCUT2D eigenvalue weighted by atomic mass is 35.5. The molecule has 1 saturated heterocycles. The Morgan fingerprint density at radius 1 is 1.21 bits per heavy atom. The molecule has 0 spiro atoms. The van der Waals surface area contributed by atoms with Crippen LogP contribution in [0.25, 0.3) is 0 Å². The summed E-state index contributed by atoms with van der Waals surface area (Å²) in [5.41, 5.74) is 2.43. The molecule has 0 saturated carbocycles. The maximum Gasteiger partial charge on any atom is 0.274 e. The molecule has 3 N–H and O–H groups in total. The Bertz CT molecular complexity index is 698. The Labute approximate surface area is 149 Å². The van der Waals surface area contributed by atoms with Crippen molar-refractivity contribution in [1.82, 2.24) is 9.62 Å². The van der Waals surface area contributed by atoms with Crippen LogP contribution in [-0.2, 0) is 16.6 Å². The van der Waals surface area contributed by atoms with Crippen LogP contribution in [0.5, 0.6) is 11.5 Å². The summed E-state index contributed by atoms with van der Waals surface area (Å²) in [5.74, 6) is 1.43. The summed E-state index contributed by atoms with van der Waals surface area (Å²) in [7, 11) is -0.423. The number of ether oxygens (including phenoxy) is 2. The van der Waals surface area contributed by atoms with Gasteiger partial charge in [0.15, 0.2) is 11.5 Å². The second kappa shape index (κ2) is 7.45. The molecule has 1 aromatic rings. The van der Waals surface area contributed by atoms with Crippen LogP contribution in [0.3, 0.4) is 0 Å². The van der Waals surface area contributed by atoms with Crippen LogP contribution in [0.2, 0.25) is 0 Å². The van der Waals surface area contributed by atoms with E-state index in [4.69, 9.17) is 14.6 Å². The average Bonchev–Trinajstić information content (AvgIpc) is 2.51. The van der Waals surface area contributed by atoms with Gasteiger partial charge in [-0.1, -0.05) is 0 Å². The fourth-order valence-electron chi connectivity index (χ4n) is 3.67. The van der Waals surface area contributed by atoms with Crippen molar-refractivity contribution in [2.24, 2.45) is 5.14 Å². The molecule has 1 aromatic carbocycles. The van der Waals surface area contributed by atoms with E-state index in [0.717, 1.165) is 31.7 Å². The molecule has 2 heterocycles. The standard InChI is InChI=1S/C15H23N3O4S.ClH/c1-21-14-7-10-3-5-18-6-4-11(17-23(16,19)20)8-13(18)12(10)9-15(14)22-2;/h7,9,11,13,17H,3-6,8H2,1-2H3,(H2,16,19,20);1H/t11-,13+;/m1./s1. The average molecular weight is 378 g/mol. The van der Waals surface area contributed by atoms with Gasteiger partial charge in [-0.2, -0.15) is 13.1 Å². The summed E-state index contributed by atoms with van der Waals surface area (Å²) in [6.45, 7) is 1.82. The van der Waals surface area contributed by atoms with Crippen LogP contribution in [0, 0.1) is 0 Å². The van der Waals surface area contributed by atoms with Gasteiger partial charge < -0.3 is 9.47 Å². The van der Waals surface area contributed by atoms with Crippen molar-refractivity contribution < 1.29 is 17.9 Å². The molecule has 136 valence electrons. The van der Waals surface area contributed by atoms with Crippen LogP contribution in [0.15, 0.2) is 12.1 Å². The van der Waals surface area contributed by atoms with Crippen molar-refractivity contribution in [1.29, 1.82) is 0 Å². The van der Waals surface area contributed by atoms with Crippen LogP contribution in [0.4, 0.5) is 0 Å². The largest absolute Gasteiger partial charge is 0.493 e. The molecule has 1 fully saturated rings. The van der Waals surface area contributed by atoms with Crippen molar-refractivity contribution in [2.75, 3.05) is 27.3 Å². The van der Waals surface area contributed by atoms with Crippen molar-refractivity contribution in [3.63, 3.8) is 0 Å². The fraction of sp³-hybridized carbons (Fsp3) is 0.600. The number of hydrogen-bond acceptors (Lipinski definition) is 5. The third-order valence-electron chi connectivity index (χ3n) is 4.72. The number of hydrogen-bond donors (Lipinski definition) is 2. The third-order valence-corrected chi connectivity index (χ3v) is 5.38. The number of benzene rings is 1. The smallest absolute Gasteiger partial charge is 0.274 e.